The summed E-state index contributed by atoms with van der Waals surface area (Å²) < 4.78 is 9.87. The Bertz CT molecular complexity index is 561. The lowest BCUT2D eigenvalue weighted by Crippen LogP contribution is -2.03. The molecule has 1 aromatic heterocycles. The van der Waals surface area contributed by atoms with Crippen molar-refractivity contribution in [2.45, 2.75) is 6.92 Å². The van der Waals surface area contributed by atoms with Gasteiger partial charge < -0.3 is 14.9 Å². The van der Waals surface area contributed by atoms with Crippen LogP contribution in [0.3, 0.4) is 0 Å². The molecule has 2 rings (SSSR count). The maximum atomic E-state index is 11.4. The molecule has 0 spiro atoms. The first-order chi connectivity index (χ1) is 8.11. The summed E-state index contributed by atoms with van der Waals surface area (Å²) in [6.07, 6.45) is 1.54. The van der Waals surface area contributed by atoms with Gasteiger partial charge in [0.05, 0.1) is 18.9 Å². The van der Waals surface area contributed by atoms with Crippen molar-refractivity contribution in [1.29, 1.82) is 0 Å². The Labute approximate surface area is 98.2 Å². The molecule has 0 radical (unpaired) electrons. The van der Waals surface area contributed by atoms with E-state index in [-0.39, 0.29) is 12.0 Å². The number of oxazole rings is 1. The van der Waals surface area contributed by atoms with Gasteiger partial charge in [-0.05, 0) is 24.6 Å². The topological polar surface area (TPSA) is 78.3 Å². The summed E-state index contributed by atoms with van der Waals surface area (Å²) in [6, 6.07) is 5.40. The molecule has 1 heterocycles. The Morgan fingerprint density at radius 1 is 1.47 bits per heavy atom. The molecule has 0 atom stereocenters. The molecule has 2 N–H and O–H groups in total. The fourth-order valence-electron chi connectivity index (χ4n) is 1.58. The first kappa shape index (κ1) is 11.2. The van der Waals surface area contributed by atoms with Crippen molar-refractivity contribution in [2.75, 3.05) is 12.8 Å². The van der Waals surface area contributed by atoms with Crippen molar-refractivity contribution >= 4 is 12.0 Å². The maximum absolute atomic E-state index is 11.4. The molecule has 1 aromatic carbocycles. The number of aromatic nitrogens is 1. The number of nitrogens with two attached hydrogens (primary N) is 1. The van der Waals surface area contributed by atoms with Crippen LogP contribution in [0.4, 0.5) is 6.01 Å². The molecular weight excluding hydrogens is 220 g/mol. The van der Waals surface area contributed by atoms with Gasteiger partial charge in [0, 0.05) is 5.56 Å². The van der Waals surface area contributed by atoms with Crippen LogP contribution in [0.15, 0.2) is 28.8 Å². The molecule has 5 nitrogen and oxygen atoms in total. The van der Waals surface area contributed by atoms with Crippen LogP contribution in [0.25, 0.3) is 11.3 Å². The minimum Gasteiger partial charge on any atom is -0.465 e. The SMILES string of the molecule is COC(=O)c1ccc(-c2cnc(N)o2)cc1C. The van der Waals surface area contributed by atoms with Gasteiger partial charge in [-0.15, -0.1) is 0 Å². The van der Waals surface area contributed by atoms with Crippen LogP contribution in [0.1, 0.15) is 15.9 Å². The number of nitrogens with zero attached hydrogens (tertiary/aromatic N) is 1. The quantitative estimate of drug-likeness (QED) is 0.801. The fourth-order valence-corrected chi connectivity index (χ4v) is 1.58. The van der Waals surface area contributed by atoms with Gasteiger partial charge in [-0.2, -0.15) is 0 Å². The van der Waals surface area contributed by atoms with Gasteiger partial charge in [-0.1, -0.05) is 6.07 Å². The second-order valence-electron chi connectivity index (χ2n) is 3.58. The molecule has 0 saturated carbocycles. The van der Waals surface area contributed by atoms with E-state index in [1.807, 2.05) is 13.0 Å². The smallest absolute Gasteiger partial charge is 0.338 e. The van der Waals surface area contributed by atoms with Gasteiger partial charge in [0.15, 0.2) is 5.76 Å². The van der Waals surface area contributed by atoms with Crippen LogP contribution in [-0.2, 0) is 4.74 Å². The van der Waals surface area contributed by atoms with Crippen LogP contribution in [0.5, 0.6) is 0 Å². The average molecular weight is 232 g/mol. The molecule has 0 unspecified atom stereocenters. The van der Waals surface area contributed by atoms with Crippen molar-refractivity contribution < 1.29 is 13.9 Å². The Hall–Kier alpha value is -2.30. The fraction of sp³-hybridized carbons (Fsp3) is 0.167. The highest BCUT2D eigenvalue weighted by Crippen LogP contribution is 2.24. The third-order valence-electron chi connectivity index (χ3n) is 2.44. The third-order valence-corrected chi connectivity index (χ3v) is 2.44. The van der Waals surface area contributed by atoms with E-state index < -0.39 is 0 Å². The number of nitrogen functional groups attached to an aromatic ring is 1. The van der Waals surface area contributed by atoms with Crippen LogP contribution in [0.2, 0.25) is 0 Å². The van der Waals surface area contributed by atoms with E-state index in [1.165, 1.54) is 7.11 Å². The number of esters is 1. The predicted molar refractivity (Wildman–Crippen MR) is 62.4 cm³/mol. The van der Waals surface area contributed by atoms with Crippen molar-refractivity contribution in [2.24, 2.45) is 0 Å². The van der Waals surface area contributed by atoms with Crippen LogP contribution in [0, 0.1) is 6.92 Å². The summed E-state index contributed by atoms with van der Waals surface area (Å²) in [7, 11) is 1.35. The number of rotatable bonds is 2. The van der Waals surface area contributed by atoms with Crippen LogP contribution >= 0.6 is 0 Å². The first-order valence-electron chi connectivity index (χ1n) is 5.02. The first-order valence-corrected chi connectivity index (χ1v) is 5.02. The van der Waals surface area contributed by atoms with Crippen molar-refractivity contribution in [3.8, 4) is 11.3 Å². The number of hydrogen-bond acceptors (Lipinski definition) is 5. The average Bonchev–Trinajstić information content (AvgIpc) is 2.75. The normalized spacial score (nSPS) is 10.2. The minimum absolute atomic E-state index is 0.120. The molecule has 0 aliphatic heterocycles. The van der Waals surface area contributed by atoms with Gasteiger partial charge >= 0.3 is 5.97 Å². The van der Waals surface area contributed by atoms with E-state index in [0.717, 1.165) is 11.1 Å². The molecule has 17 heavy (non-hydrogen) atoms. The number of ether oxygens (including phenoxy) is 1. The number of carbonyl (C=O) groups is 1. The molecule has 0 saturated heterocycles. The Kier molecular flexibility index (Phi) is 2.82. The van der Waals surface area contributed by atoms with Crippen LogP contribution in [-0.4, -0.2) is 18.1 Å². The summed E-state index contributed by atoms with van der Waals surface area (Å²) >= 11 is 0. The van der Waals surface area contributed by atoms with E-state index in [0.29, 0.717) is 11.3 Å². The van der Waals surface area contributed by atoms with Crippen molar-refractivity contribution in [1.82, 2.24) is 4.98 Å². The van der Waals surface area contributed by atoms with Gasteiger partial charge in [-0.25, -0.2) is 9.78 Å². The third kappa shape index (κ3) is 2.13. The number of hydrogen-bond donors (Lipinski definition) is 1. The maximum Gasteiger partial charge on any atom is 0.338 e. The summed E-state index contributed by atoms with van der Waals surface area (Å²) in [5.74, 6) is 0.216. The molecular formula is C12H12N2O3. The molecule has 0 aliphatic carbocycles. The highest BCUT2D eigenvalue weighted by atomic mass is 16.5. The standard InChI is InChI=1S/C12H12N2O3/c1-7-5-8(10-6-14-12(13)17-10)3-4-9(7)11(15)16-2/h3-6H,1-2H3,(H2,13,14). The number of carbonyl (C=O) groups excluding carboxylic acids is 1. The molecule has 0 fully saturated rings. The molecule has 0 amide bonds. The zero-order valence-corrected chi connectivity index (χ0v) is 9.56. The highest BCUT2D eigenvalue weighted by molar-refractivity contribution is 5.91. The van der Waals surface area contributed by atoms with Gasteiger partial charge in [0.1, 0.15) is 0 Å². The number of methoxy groups -OCH3 is 1. The van der Waals surface area contributed by atoms with Gasteiger partial charge in [0.2, 0.25) is 0 Å². The summed E-state index contributed by atoms with van der Waals surface area (Å²) in [5.41, 5.74) is 7.56. The van der Waals surface area contributed by atoms with E-state index in [9.17, 15) is 4.79 Å². The van der Waals surface area contributed by atoms with E-state index in [2.05, 4.69) is 9.72 Å². The van der Waals surface area contributed by atoms with Crippen molar-refractivity contribution in [3.05, 3.63) is 35.5 Å². The second-order valence-corrected chi connectivity index (χ2v) is 3.58. The zero-order valence-electron chi connectivity index (χ0n) is 9.56. The minimum atomic E-state index is -0.355. The summed E-state index contributed by atoms with van der Waals surface area (Å²) in [4.78, 5) is 15.2. The lowest BCUT2D eigenvalue weighted by Gasteiger charge is -2.05. The number of anilines is 1. The monoisotopic (exact) mass is 232 g/mol. The Morgan fingerprint density at radius 2 is 2.24 bits per heavy atom. The van der Waals surface area contributed by atoms with Crippen LogP contribution < -0.4 is 5.73 Å². The van der Waals surface area contributed by atoms with E-state index in [1.54, 1.807) is 18.3 Å². The molecule has 5 heteroatoms. The lowest BCUT2D eigenvalue weighted by molar-refractivity contribution is 0.0600. The molecule has 2 aromatic rings. The summed E-state index contributed by atoms with van der Waals surface area (Å²) in [6.45, 7) is 1.83. The Balaban J connectivity index is 2.40. The second kappa shape index (κ2) is 4.29. The van der Waals surface area contributed by atoms with Crippen molar-refractivity contribution in [3.63, 3.8) is 0 Å². The number of aryl methyl sites for hydroxylation is 1. The summed E-state index contributed by atoms with van der Waals surface area (Å²) in [5, 5.41) is 0. The predicted octanol–water partition coefficient (Wildman–Crippen LogP) is 2.02. The Morgan fingerprint density at radius 3 is 2.76 bits per heavy atom. The molecule has 0 aliphatic rings. The molecule has 88 valence electrons. The van der Waals surface area contributed by atoms with Gasteiger partial charge in [-0.3, -0.25) is 0 Å². The zero-order chi connectivity index (χ0) is 12.4. The highest BCUT2D eigenvalue weighted by Gasteiger charge is 2.11. The molecule has 0 bridgehead atoms. The number of benzene rings is 1. The van der Waals surface area contributed by atoms with Gasteiger partial charge in [0.25, 0.3) is 6.01 Å². The largest absolute Gasteiger partial charge is 0.465 e. The lowest BCUT2D eigenvalue weighted by atomic mass is 10.0. The van der Waals surface area contributed by atoms with E-state index in [4.69, 9.17) is 10.2 Å². The van der Waals surface area contributed by atoms with E-state index >= 15 is 0 Å².